The van der Waals surface area contributed by atoms with Gasteiger partial charge in [0.15, 0.2) is 5.78 Å². The van der Waals surface area contributed by atoms with E-state index < -0.39 is 29.4 Å². The number of amides is 2. The molecule has 13 heteroatoms. The molecule has 4 rings (SSSR count). The smallest absolute Gasteiger partial charge is 0.246 e. The summed E-state index contributed by atoms with van der Waals surface area (Å²) in [5.74, 6) is -0.315. The van der Waals surface area contributed by atoms with Crippen molar-refractivity contribution in [2.75, 3.05) is 26.0 Å². The van der Waals surface area contributed by atoms with E-state index in [4.69, 9.17) is 4.74 Å². The third-order valence-electron chi connectivity index (χ3n) is 7.72. The van der Waals surface area contributed by atoms with E-state index in [9.17, 15) is 18.8 Å². The van der Waals surface area contributed by atoms with Crippen molar-refractivity contribution in [1.82, 2.24) is 25.5 Å². The standard InChI is InChI=1S/C31H38BrFN6O4.ClH/c1-17(34-5)29(41)38-27(31(2,3)4)30(42)39-11-7-8-24(39)25(40)13-18-12-20-23(15-26(18)43-6)35-16-36-28(20)37-22-10-9-19(32)14-21(22)33;/h9-10,12,14-17,24,27,34H,7-8,11,13H2,1-6H3,(H,38,41)(H,35,36,37);1H/t17-,24-,27+;/m0./s1. The zero-order valence-corrected chi connectivity index (χ0v) is 28.1. The molecule has 0 aliphatic carbocycles. The molecule has 1 aromatic heterocycles. The van der Waals surface area contributed by atoms with Crippen molar-refractivity contribution < 1.29 is 23.5 Å². The number of likely N-dealkylation sites (tertiary alicyclic amines) is 1. The van der Waals surface area contributed by atoms with Gasteiger partial charge in [0.2, 0.25) is 11.8 Å². The number of anilines is 2. The van der Waals surface area contributed by atoms with Crippen molar-refractivity contribution in [3.63, 3.8) is 0 Å². The van der Waals surface area contributed by atoms with Crippen molar-refractivity contribution in [2.24, 2.45) is 5.41 Å². The summed E-state index contributed by atoms with van der Waals surface area (Å²) in [7, 11) is 3.19. The summed E-state index contributed by atoms with van der Waals surface area (Å²) in [6, 6.07) is 6.23. The first-order valence-electron chi connectivity index (χ1n) is 14.2. The van der Waals surface area contributed by atoms with E-state index in [0.717, 1.165) is 0 Å². The lowest BCUT2D eigenvalue weighted by Crippen LogP contribution is -2.58. The van der Waals surface area contributed by atoms with Gasteiger partial charge in [0.25, 0.3) is 0 Å². The predicted molar refractivity (Wildman–Crippen MR) is 174 cm³/mol. The number of nitrogens with one attached hydrogen (secondary N) is 3. The van der Waals surface area contributed by atoms with Crippen LogP contribution in [0.5, 0.6) is 5.75 Å². The SMILES string of the molecule is CN[C@@H](C)C(=O)N[C@H](C(=O)N1CCC[C@H]1C(=O)Cc1cc2c(Nc3ccc(Br)cc3F)ncnc2cc1OC)C(C)(C)C.Cl. The number of nitrogens with zero attached hydrogens (tertiary/aromatic N) is 3. The largest absolute Gasteiger partial charge is 0.496 e. The molecule has 3 N–H and O–H groups in total. The molecule has 0 spiro atoms. The van der Waals surface area contributed by atoms with Crippen LogP contribution in [0.2, 0.25) is 0 Å². The molecule has 0 saturated carbocycles. The Morgan fingerprint density at radius 1 is 1.18 bits per heavy atom. The number of aromatic nitrogens is 2. The summed E-state index contributed by atoms with van der Waals surface area (Å²) < 4.78 is 20.8. The highest BCUT2D eigenvalue weighted by Crippen LogP contribution is 2.33. The Balaban J connectivity index is 0.00000529. The first-order valence-corrected chi connectivity index (χ1v) is 15.0. The minimum absolute atomic E-state index is 0. The van der Waals surface area contributed by atoms with Gasteiger partial charge in [0.05, 0.1) is 30.4 Å². The van der Waals surface area contributed by atoms with E-state index in [0.29, 0.717) is 51.9 Å². The van der Waals surface area contributed by atoms with E-state index in [1.165, 1.54) is 19.5 Å². The molecule has 0 unspecified atom stereocenters. The molecule has 2 heterocycles. The highest BCUT2D eigenvalue weighted by molar-refractivity contribution is 9.10. The van der Waals surface area contributed by atoms with Crippen LogP contribution in [0, 0.1) is 11.2 Å². The molecule has 2 amide bonds. The molecular formula is C31H39BrClFN6O4. The van der Waals surface area contributed by atoms with Crippen LogP contribution in [0.25, 0.3) is 10.9 Å². The van der Waals surface area contributed by atoms with Gasteiger partial charge in [-0.1, -0.05) is 36.7 Å². The zero-order chi connectivity index (χ0) is 31.5. The molecule has 1 saturated heterocycles. The number of benzene rings is 2. The molecule has 2 aromatic carbocycles. The number of carbonyl (C=O) groups is 3. The number of fused-ring (bicyclic) bond motifs is 1. The number of Topliss-reactive ketones (excluding diaryl/α,β-unsaturated/α-hetero) is 1. The van der Waals surface area contributed by atoms with Crippen LogP contribution < -0.4 is 20.7 Å². The maximum atomic E-state index is 14.6. The van der Waals surface area contributed by atoms with Gasteiger partial charge in [0.1, 0.15) is 29.8 Å². The van der Waals surface area contributed by atoms with Crippen molar-refractivity contribution in [2.45, 2.75) is 65.1 Å². The first-order chi connectivity index (χ1) is 20.3. The number of halogens is 3. The lowest BCUT2D eigenvalue weighted by atomic mass is 9.85. The third kappa shape index (κ3) is 7.83. The van der Waals surface area contributed by atoms with Crippen LogP contribution in [-0.4, -0.2) is 71.3 Å². The Morgan fingerprint density at radius 2 is 1.91 bits per heavy atom. The number of likely N-dealkylation sites (N-methyl/N-ethyl adjacent to an activating group) is 1. The van der Waals surface area contributed by atoms with Crippen molar-refractivity contribution in [3.05, 3.63) is 52.5 Å². The molecule has 1 aliphatic heterocycles. The molecule has 0 bridgehead atoms. The second-order valence-electron chi connectivity index (χ2n) is 11.8. The zero-order valence-electron chi connectivity index (χ0n) is 25.7. The van der Waals surface area contributed by atoms with Crippen LogP contribution in [0.1, 0.15) is 46.1 Å². The molecule has 1 aliphatic rings. The number of carbonyl (C=O) groups excluding carboxylic acids is 3. The van der Waals surface area contributed by atoms with Crippen molar-refractivity contribution >= 4 is 68.3 Å². The van der Waals surface area contributed by atoms with Gasteiger partial charge in [-0.05, 0) is 56.5 Å². The van der Waals surface area contributed by atoms with Crippen LogP contribution in [0.15, 0.2) is 41.1 Å². The van der Waals surface area contributed by atoms with E-state index in [2.05, 4.69) is 41.8 Å². The van der Waals surface area contributed by atoms with Crippen molar-refractivity contribution in [3.8, 4) is 5.75 Å². The summed E-state index contributed by atoms with van der Waals surface area (Å²) in [6.07, 6.45) is 2.57. The summed E-state index contributed by atoms with van der Waals surface area (Å²) in [4.78, 5) is 50.6. The monoisotopic (exact) mass is 692 g/mol. The minimum atomic E-state index is -0.802. The van der Waals surface area contributed by atoms with Gasteiger partial charge < -0.3 is 25.6 Å². The van der Waals surface area contributed by atoms with Gasteiger partial charge in [-0.25, -0.2) is 14.4 Å². The lowest BCUT2D eigenvalue weighted by molar-refractivity contribution is -0.143. The Kier molecular flexibility index (Phi) is 11.7. The molecule has 44 heavy (non-hydrogen) atoms. The number of ether oxygens (including phenoxy) is 1. The van der Waals surface area contributed by atoms with E-state index >= 15 is 0 Å². The molecule has 1 fully saturated rings. The maximum absolute atomic E-state index is 14.6. The molecular weight excluding hydrogens is 655 g/mol. The van der Waals surface area contributed by atoms with E-state index in [-0.39, 0.29) is 42.1 Å². The van der Waals surface area contributed by atoms with Crippen LogP contribution in [0.4, 0.5) is 15.9 Å². The second kappa shape index (κ2) is 14.6. The third-order valence-corrected chi connectivity index (χ3v) is 8.21. The minimum Gasteiger partial charge on any atom is -0.496 e. The van der Waals surface area contributed by atoms with Gasteiger partial charge in [0, 0.05) is 34.5 Å². The average molecular weight is 694 g/mol. The Bertz CT molecular complexity index is 1540. The highest BCUT2D eigenvalue weighted by atomic mass is 79.9. The van der Waals surface area contributed by atoms with Gasteiger partial charge >= 0.3 is 0 Å². The summed E-state index contributed by atoms with van der Waals surface area (Å²) >= 11 is 3.26. The van der Waals surface area contributed by atoms with Crippen LogP contribution in [-0.2, 0) is 20.8 Å². The van der Waals surface area contributed by atoms with Gasteiger partial charge in [-0.2, -0.15) is 0 Å². The number of ketones is 1. The molecule has 0 radical (unpaired) electrons. The first kappa shape index (κ1) is 35.1. The Hall–Kier alpha value is -3.35. The molecule has 3 aromatic rings. The maximum Gasteiger partial charge on any atom is 0.246 e. The topological polar surface area (TPSA) is 126 Å². The fraction of sp³-hybridized carbons (Fsp3) is 0.452. The van der Waals surface area contributed by atoms with E-state index in [1.807, 2.05) is 20.8 Å². The summed E-state index contributed by atoms with van der Waals surface area (Å²) in [6.45, 7) is 7.82. The number of methoxy groups -OCH3 is 1. The average Bonchev–Trinajstić information content (AvgIpc) is 3.46. The molecule has 3 atom stereocenters. The second-order valence-corrected chi connectivity index (χ2v) is 12.7. The highest BCUT2D eigenvalue weighted by Gasteiger charge is 2.42. The fourth-order valence-electron chi connectivity index (χ4n) is 5.16. The summed E-state index contributed by atoms with van der Waals surface area (Å²) in [5, 5.41) is 9.40. The van der Waals surface area contributed by atoms with Crippen LogP contribution in [0.3, 0.4) is 0 Å². The van der Waals surface area contributed by atoms with Gasteiger partial charge in [-0.15, -0.1) is 12.4 Å². The van der Waals surface area contributed by atoms with Crippen LogP contribution >= 0.6 is 28.3 Å². The Morgan fingerprint density at radius 3 is 2.55 bits per heavy atom. The number of rotatable bonds is 10. The lowest BCUT2D eigenvalue weighted by Gasteiger charge is -2.36. The van der Waals surface area contributed by atoms with Crippen molar-refractivity contribution in [1.29, 1.82) is 0 Å². The molecule has 10 nitrogen and oxygen atoms in total. The number of hydrogen-bond donors (Lipinski definition) is 3. The fourth-order valence-corrected chi connectivity index (χ4v) is 5.49. The Labute approximate surface area is 271 Å². The predicted octanol–water partition coefficient (Wildman–Crippen LogP) is 4.95. The quantitative estimate of drug-likeness (QED) is 0.273. The summed E-state index contributed by atoms with van der Waals surface area (Å²) in [5.41, 5.74) is 0.814. The molecule has 238 valence electrons. The normalized spacial score (nSPS) is 16.2. The number of hydrogen-bond acceptors (Lipinski definition) is 8. The van der Waals surface area contributed by atoms with E-state index in [1.54, 1.807) is 43.1 Å². The van der Waals surface area contributed by atoms with Gasteiger partial charge in [-0.3, -0.25) is 14.4 Å².